The van der Waals surface area contributed by atoms with Crippen molar-refractivity contribution in [3.05, 3.63) is 0 Å². The molecule has 0 aromatic heterocycles. The summed E-state index contributed by atoms with van der Waals surface area (Å²) in [6.45, 7) is 9.32. The summed E-state index contributed by atoms with van der Waals surface area (Å²) in [5.74, 6) is 0. The van der Waals surface area contributed by atoms with Gasteiger partial charge in [0.15, 0.2) is 0 Å². The molecule has 0 aromatic carbocycles. The van der Waals surface area contributed by atoms with Gasteiger partial charge in [0.05, 0.1) is 0 Å². The highest BCUT2D eigenvalue weighted by Gasteiger charge is 2.18. The van der Waals surface area contributed by atoms with Gasteiger partial charge in [0.25, 0.3) is 0 Å². The highest BCUT2D eigenvalue weighted by molar-refractivity contribution is 7.81. The molecule has 1 unspecified atom stereocenters. The molecule has 0 radical (unpaired) electrons. The van der Waals surface area contributed by atoms with Gasteiger partial charge in [-0.05, 0) is 27.7 Å². The van der Waals surface area contributed by atoms with Crippen LogP contribution in [0.25, 0.3) is 0 Å². The van der Waals surface area contributed by atoms with E-state index < -0.39 is 5.60 Å². The van der Waals surface area contributed by atoms with Gasteiger partial charge in [-0.25, -0.2) is 4.79 Å². The monoisotopic (exact) mass is 205 g/mol. The molecule has 2 atom stereocenters. The average Bonchev–Trinajstić information content (AvgIpc) is 1.81. The van der Waals surface area contributed by atoms with Gasteiger partial charge in [0.1, 0.15) is 5.60 Å². The summed E-state index contributed by atoms with van der Waals surface area (Å²) in [5.41, 5.74) is -0.441. The molecule has 0 aromatic rings. The molecule has 0 saturated carbocycles. The van der Waals surface area contributed by atoms with E-state index in [1.807, 2.05) is 34.6 Å². The van der Waals surface area contributed by atoms with Crippen molar-refractivity contribution in [2.24, 2.45) is 0 Å². The number of nitrogens with one attached hydrogen (secondary N) is 1. The fourth-order valence-electron chi connectivity index (χ4n) is 0.614. The Morgan fingerprint density at radius 3 is 2.15 bits per heavy atom. The minimum atomic E-state index is -0.441. The van der Waals surface area contributed by atoms with Gasteiger partial charge in [-0.3, -0.25) is 0 Å². The first kappa shape index (κ1) is 12.6. The van der Waals surface area contributed by atoms with Gasteiger partial charge in [0.2, 0.25) is 0 Å². The summed E-state index contributed by atoms with van der Waals surface area (Å²) < 4.78 is 5.07. The van der Waals surface area contributed by atoms with Gasteiger partial charge in [-0.2, -0.15) is 12.6 Å². The zero-order valence-corrected chi connectivity index (χ0v) is 9.81. The Balaban J connectivity index is 3.89. The molecular formula is C9H19NO2S. The van der Waals surface area contributed by atoms with Crippen LogP contribution in [0, 0.1) is 0 Å². The Kier molecular flexibility index (Phi) is 4.61. The summed E-state index contributed by atoms with van der Waals surface area (Å²) in [7, 11) is 0. The number of hydrogen-bond acceptors (Lipinski definition) is 3. The Morgan fingerprint density at radius 2 is 1.85 bits per heavy atom. The fourth-order valence-corrected chi connectivity index (χ4v) is 0.689. The summed E-state index contributed by atoms with van der Waals surface area (Å²) >= 11 is 4.21. The summed E-state index contributed by atoms with van der Waals surface area (Å²) in [6, 6.07) is 0.0122. The van der Waals surface area contributed by atoms with E-state index in [4.69, 9.17) is 4.74 Å². The zero-order valence-electron chi connectivity index (χ0n) is 8.92. The van der Waals surface area contributed by atoms with E-state index >= 15 is 0 Å². The van der Waals surface area contributed by atoms with Crippen molar-refractivity contribution in [1.82, 2.24) is 5.32 Å². The molecule has 0 aliphatic heterocycles. The van der Waals surface area contributed by atoms with Crippen molar-refractivity contribution >= 4 is 18.7 Å². The first-order valence-corrected chi connectivity index (χ1v) is 4.91. The smallest absolute Gasteiger partial charge is 0.407 e. The van der Waals surface area contributed by atoms with E-state index in [0.29, 0.717) is 0 Å². The maximum atomic E-state index is 11.2. The Hall–Kier alpha value is -0.380. The quantitative estimate of drug-likeness (QED) is 0.678. The number of amides is 1. The lowest BCUT2D eigenvalue weighted by atomic mass is 10.2. The Bertz CT molecular complexity index is 175. The first-order valence-electron chi connectivity index (χ1n) is 4.40. The normalized spacial score (nSPS) is 16.2. The number of carbonyl (C=O) groups is 1. The van der Waals surface area contributed by atoms with E-state index in [0.717, 1.165) is 0 Å². The van der Waals surface area contributed by atoms with Gasteiger partial charge < -0.3 is 10.1 Å². The van der Waals surface area contributed by atoms with Crippen LogP contribution in [0.1, 0.15) is 34.6 Å². The maximum absolute atomic E-state index is 11.2. The van der Waals surface area contributed by atoms with E-state index in [1.54, 1.807) is 0 Å². The molecule has 0 rings (SSSR count). The lowest BCUT2D eigenvalue weighted by Gasteiger charge is -2.23. The largest absolute Gasteiger partial charge is 0.444 e. The van der Waals surface area contributed by atoms with E-state index in [9.17, 15) is 4.79 Å². The molecule has 0 bridgehead atoms. The lowest BCUT2D eigenvalue weighted by molar-refractivity contribution is 0.0509. The van der Waals surface area contributed by atoms with Crippen molar-refractivity contribution in [1.29, 1.82) is 0 Å². The van der Waals surface area contributed by atoms with Crippen molar-refractivity contribution < 1.29 is 9.53 Å². The highest BCUT2D eigenvalue weighted by Crippen LogP contribution is 2.07. The van der Waals surface area contributed by atoms with Crippen LogP contribution in [0.5, 0.6) is 0 Å². The lowest BCUT2D eigenvalue weighted by Crippen LogP contribution is -2.41. The second-order valence-corrected chi connectivity index (χ2v) is 4.99. The molecule has 0 aliphatic carbocycles. The number of rotatable bonds is 2. The maximum Gasteiger partial charge on any atom is 0.407 e. The standard InChI is InChI=1S/C9H19NO2S/c1-6(7(2)13)10-8(11)12-9(3,4)5/h6-7,13H,1-5H3,(H,10,11)/t6?,7-/m0/s1. The van der Waals surface area contributed by atoms with Crippen molar-refractivity contribution in [2.45, 2.75) is 51.5 Å². The van der Waals surface area contributed by atoms with Gasteiger partial charge in [0, 0.05) is 11.3 Å². The minimum absolute atomic E-state index is 0.0122. The SMILES string of the molecule is CC(NC(=O)OC(C)(C)C)[C@H](C)S. The molecule has 0 spiro atoms. The van der Waals surface area contributed by atoms with Crippen molar-refractivity contribution in [3.8, 4) is 0 Å². The fraction of sp³-hybridized carbons (Fsp3) is 0.889. The topological polar surface area (TPSA) is 38.3 Å². The third kappa shape index (κ3) is 6.75. The number of thiol groups is 1. The highest BCUT2D eigenvalue weighted by atomic mass is 32.1. The average molecular weight is 205 g/mol. The molecule has 0 saturated heterocycles. The molecular weight excluding hydrogens is 186 g/mol. The van der Waals surface area contributed by atoms with Crippen LogP contribution in [-0.4, -0.2) is 23.0 Å². The van der Waals surface area contributed by atoms with E-state index in [2.05, 4.69) is 17.9 Å². The second-order valence-electron chi connectivity index (χ2n) is 4.18. The first-order chi connectivity index (χ1) is 5.72. The molecule has 3 nitrogen and oxygen atoms in total. The zero-order chi connectivity index (χ0) is 10.6. The molecule has 0 fully saturated rings. The molecule has 78 valence electrons. The Morgan fingerprint density at radius 1 is 1.38 bits per heavy atom. The van der Waals surface area contributed by atoms with Crippen molar-refractivity contribution in [2.75, 3.05) is 0 Å². The molecule has 0 heterocycles. The third-order valence-corrected chi connectivity index (χ3v) is 1.92. The molecule has 1 amide bonds. The van der Waals surface area contributed by atoms with E-state index in [-0.39, 0.29) is 17.4 Å². The third-order valence-electron chi connectivity index (χ3n) is 1.47. The van der Waals surface area contributed by atoms with Gasteiger partial charge in [-0.15, -0.1) is 0 Å². The number of carbonyl (C=O) groups excluding carboxylic acids is 1. The van der Waals surface area contributed by atoms with Crippen LogP contribution in [-0.2, 0) is 4.74 Å². The molecule has 4 heteroatoms. The van der Waals surface area contributed by atoms with Gasteiger partial charge in [-0.1, -0.05) is 6.92 Å². The molecule has 0 aliphatic rings. The summed E-state index contributed by atoms with van der Waals surface area (Å²) in [5, 5.41) is 2.82. The molecule has 13 heavy (non-hydrogen) atoms. The summed E-state index contributed by atoms with van der Waals surface area (Å²) in [4.78, 5) is 11.2. The number of alkyl carbamates (subject to hydrolysis) is 1. The predicted molar refractivity (Wildman–Crippen MR) is 57.3 cm³/mol. The van der Waals surface area contributed by atoms with E-state index in [1.165, 1.54) is 0 Å². The number of ether oxygens (including phenoxy) is 1. The van der Waals surface area contributed by atoms with Crippen LogP contribution in [0.3, 0.4) is 0 Å². The van der Waals surface area contributed by atoms with Crippen LogP contribution < -0.4 is 5.32 Å². The van der Waals surface area contributed by atoms with Crippen LogP contribution in [0.2, 0.25) is 0 Å². The van der Waals surface area contributed by atoms with Crippen LogP contribution in [0.15, 0.2) is 0 Å². The second kappa shape index (κ2) is 4.74. The van der Waals surface area contributed by atoms with Crippen LogP contribution >= 0.6 is 12.6 Å². The minimum Gasteiger partial charge on any atom is -0.444 e. The predicted octanol–water partition coefficient (Wildman–Crippen LogP) is 2.22. The molecule has 1 N–H and O–H groups in total. The van der Waals surface area contributed by atoms with Gasteiger partial charge >= 0.3 is 6.09 Å². The number of hydrogen-bond donors (Lipinski definition) is 2. The van der Waals surface area contributed by atoms with Crippen LogP contribution in [0.4, 0.5) is 4.79 Å². The summed E-state index contributed by atoms with van der Waals surface area (Å²) in [6.07, 6.45) is -0.388. The van der Waals surface area contributed by atoms with Crippen molar-refractivity contribution in [3.63, 3.8) is 0 Å². The Labute approximate surface area is 85.6 Å².